The summed E-state index contributed by atoms with van der Waals surface area (Å²) in [6, 6.07) is 5.76. The normalized spacial score (nSPS) is 32.9. The summed E-state index contributed by atoms with van der Waals surface area (Å²) < 4.78 is 0. The van der Waals surface area contributed by atoms with Crippen LogP contribution in [-0.4, -0.2) is 16.8 Å². The molecular weight excluding hydrogens is 212 g/mol. The van der Waals surface area contributed by atoms with Gasteiger partial charge in [0.1, 0.15) is 5.75 Å². The minimum Gasteiger partial charge on any atom is -0.508 e. The van der Waals surface area contributed by atoms with Gasteiger partial charge in [0, 0.05) is 23.0 Å². The van der Waals surface area contributed by atoms with Gasteiger partial charge in [-0.05, 0) is 25.8 Å². The Morgan fingerprint density at radius 1 is 1.24 bits per heavy atom. The van der Waals surface area contributed by atoms with E-state index in [4.69, 9.17) is 0 Å². The van der Waals surface area contributed by atoms with E-state index in [-0.39, 0.29) is 17.4 Å². The number of hydrogen-bond acceptors (Lipinski definition) is 2. The number of aliphatic hydroxyl groups excluding tert-OH is 1. The van der Waals surface area contributed by atoms with Crippen LogP contribution in [0.2, 0.25) is 0 Å². The molecule has 1 fully saturated rings. The fourth-order valence-corrected chi connectivity index (χ4v) is 3.21. The number of rotatable bonds is 2. The Balaban J connectivity index is 2.54. The third kappa shape index (κ3) is 1.75. The van der Waals surface area contributed by atoms with Crippen molar-refractivity contribution in [2.24, 2.45) is 5.41 Å². The largest absolute Gasteiger partial charge is 0.508 e. The van der Waals surface area contributed by atoms with Gasteiger partial charge in [-0.2, -0.15) is 0 Å². The molecule has 1 saturated carbocycles. The van der Waals surface area contributed by atoms with Crippen LogP contribution in [-0.2, 0) is 5.41 Å². The van der Waals surface area contributed by atoms with Crippen molar-refractivity contribution >= 4 is 0 Å². The van der Waals surface area contributed by atoms with Gasteiger partial charge < -0.3 is 10.2 Å². The molecule has 1 aromatic carbocycles. The summed E-state index contributed by atoms with van der Waals surface area (Å²) in [6.45, 7) is 6.51. The first-order valence-electron chi connectivity index (χ1n) is 6.34. The third-order valence-corrected chi connectivity index (χ3v) is 4.83. The molecule has 0 saturated heterocycles. The molecule has 2 N–H and O–H groups in total. The lowest BCUT2D eigenvalue weighted by molar-refractivity contribution is 0.0848. The lowest BCUT2D eigenvalue weighted by Crippen LogP contribution is -2.39. The van der Waals surface area contributed by atoms with Gasteiger partial charge in [0.2, 0.25) is 0 Å². The molecule has 2 heteroatoms. The van der Waals surface area contributed by atoms with E-state index >= 15 is 0 Å². The molecule has 0 amide bonds. The molecule has 2 rings (SSSR count). The summed E-state index contributed by atoms with van der Waals surface area (Å²) in [7, 11) is 0. The fourth-order valence-electron chi connectivity index (χ4n) is 3.21. The van der Waals surface area contributed by atoms with Crippen LogP contribution in [0.1, 0.15) is 44.2 Å². The molecule has 0 radical (unpaired) electrons. The zero-order chi connectivity index (χ0) is 12.7. The SMILES string of the molecule is Cc1ccc(O)c(C2(C)CCCC2(C)CO)c1. The summed E-state index contributed by atoms with van der Waals surface area (Å²) in [5.41, 5.74) is 1.90. The summed E-state index contributed by atoms with van der Waals surface area (Å²) in [6.07, 6.45) is 3.16. The molecule has 1 aliphatic carbocycles. The highest BCUT2D eigenvalue weighted by atomic mass is 16.3. The van der Waals surface area contributed by atoms with E-state index in [2.05, 4.69) is 19.9 Å². The number of phenolic OH excluding ortho intramolecular Hbond substituents is 1. The Kier molecular flexibility index (Phi) is 2.94. The predicted octanol–water partition coefficient (Wildman–Crippen LogP) is 3.14. The molecule has 0 spiro atoms. The maximum Gasteiger partial charge on any atom is 0.119 e. The van der Waals surface area contributed by atoms with Crippen molar-refractivity contribution in [3.63, 3.8) is 0 Å². The summed E-state index contributed by atoms with van der Waals surface area (Å²) in [4.78, 5) is 0. The van der Waals surface area contributed by atoms with Gasteiger partial charge in [-0.25, -0.2) is 0 Å². The van der Waals surface area contributed by atoms with Gasteiger partial charge in [-0.1, -0.05) is 38.0 Å². The van der Waals surface area contributed by atoms with Crippen molar-refractivity contribution in [1.82, 2.24) is 0 Å². The Hall–Kier alpha value is -1.02. The average molecular weight is 234 g/mol. The lowest BCUT2D eigenvalue weighted by atomic mass is 9.64. The Morgan fingerprint density at radius 2 is 1.94 bits per heavy atom. The van der Waals surface area contributed by atoms with E-state index in [1.807, 2.05) is 13.0 Å². The number of aliphatic hydroxyl groups is 1. The van der Waals surface area contributed by atoms with Gasteiger partial charge in [0.15, 0.2) is 0 Å². The van der Waals surface area contributed by atoms with E-state index in [9.17, 15) is 10.2 Å². The second-order valence-corrected chi connectivity index (χ2v) is 5.93. The minimum atomic E-state index is -0.127. The molecule has 1 aromatic rings. The third-order valence-electron chi connectivity index (χ3n) is 4.83. The number of benzene rings is 1. The maximum absolute atomic E-state index is 10.1. The predicted molar refractivity (Wildman–Crippen MR) is 69.2 cm³/mol. The molecule has 0 heterocycles. The van der Waals surface area contributed by atoms with Crippen molar-refractivity contribution < 1.29 is 10.2 Å². The van der Waals surface area contributed by atoms with Gasteiger partial charge in [-0.15, -0.1) is 0 Å². The van der Waals surface area contributed by atoms with Gasteiger partial charge in [0.25, 0.3) is 0 Å². The molecule has 0 bridgehead atoms. The minimum absolute atomic E-state index is 0.127. The van der Waals surface area contributed by atoms with Gasteiger partial charge in [0.05, 0.1) is 0 Å². The van der Waals surface area contributed by atoms with E-state index < -0.39 is 0 Å². The van der Waals surface area contributed by atoms with Crippen molar-refractivity contribution in [1.29, 1.82) is 0 Å². The van der Waals surface area contributed by atoms with E-state index in [0.29, 0.717) is 5.75 Å². The monoisotopic (exact) mass is 234 g/mol. The van der Waals surface area contributed by atoms with Gasteiger partial charge in [-0.3, -0.25) is 0 Å². The molecule has 17 heavy (non-hydrogen) atoms. The number of phenols is 1. The highest BCUT2D eigenvalue weighted by molar-refractivity contribution is 5.43. The van der Waals surface area contributed by atoms with Crippen molar-refractivity contribution in [3.8, 4) is 5.75 Å². The maximum atomic E-state index is 10.1. The summed E-state index contributed by atoms with van der Waals surface area (Å²) in [5.74, 6) is 0.361. The molecule has 94 valence electrons. The quantitative estimate of drug-likeness (QED) is 0.825. The first-order chi connectivity index (χ1) is 7.93. The average Bonchev–Trinajstić information content (AvgIpc) is 2.60. The molecule has 2 unspecified atom stereocenters. The van der Waals surface area contributed by atoms with Crippen molar-refractivity contribution in [3.05, 3.63) is 29.3 Å². The summed E-state index contributed by atoms with van der Waals surface area (Å²) in [5, 5.41) is 19.8. The molecule has 1 aliphatic rings. The Morgan fingerprint density at radius 3 is 2.59 bits per heavy atom. The Bertz CT molecular complexity index is 427. The van der Waals surface area contributed by atoms with Crippen LogP contribution < -0.4 is 0 Å². The lowest BCUT2D eigenvalue weighted by Gasteiger charge is -2.41. The molecule has 0 aromatic heterocycles. The standard InChI is InChI=1S/C15H22O2/c1-11-5-6-13(17)12(9-11)15(3)8-4-7-14(15,2)10-16/h5-6,9,16-17H,4,7-8,10H2,1-3H3. The van der Waals surface area contributed by atoms with Crippen LogP contribution in [0.5, 0.6) is 5.75 Å². The van der Waals surface area contributed by atoms with E-state index in [1.165, 1.54) is 0 Å². The fraction of sp³-hybridized carbons (Fsp3) is 0.600. The topological polar surface area (TPSA) is 40.5 Å². The first-order valence-corrected chi connectivity index (χ1v) is 6.34. The number of aryl methyl sites for hydroxylation is 1. The highest BCUT2D eigenvalue weighted by Crippen LogP contribution is 2.55. The highest BCUT2D eigenvalue weighted by Gasteiger charge is 2.50. The Labute approximate surface area is 103 Å². The first kappa shape index (κ1) is 12.4. The van der Waals surface area contributed by atoms with Crippen molar-refractivity contribution in [2.45, 2.75) is 45.4 Å². The van der Waals surface area contributed by atoms with Crippen LogP contribution in [0, 0.1) is 12.3 Å². The second-order valence-electron chi connectivity index (χ2n) is 5.93. The van der Waals surface area contributed by atoms with E-state index in [1.54, 1.807) is 6.07 Å². The second kappa shape index (κ2) is 4.02. The van der Waals surface area contributed by atoms with Crippen LogP contribution in [0.3, 0.4) is 0 Å². The van der Waals surface area contributed by atoms with Crippen LogP contribution in [0.15, 0.2) is 18.2 Å². The summed E-state index contributed by atoms with van der Waals surface area (Å²) >= 11 is 0. The number of aromatic hydroxyl groups is 1. The van der Waals surface area contributed by atoms with Crippen LogP contribution in [0.25, 0.3) is 0 Å². The van der Waals surface area contributed by atoms with E-state index in [0.717, 1.165) is 30.4 Å². The zero-order valence-electron chi connectivity index (χ0n) is 11.0. The number of hydrogen-bond donors (Lipinski definition) is 2. The molecular formula is C15H22O2. The molecule has 2 nitrogen and oxygen atoms in total. The van der Waals surface area contributed by atoms with Crippen LogP contribution >= 0.6 is 0 Å². The van der Waals surface area contributed by atoms with Crippen LogP contribution in [0.4, 0.5) is 0 Å². The molecule has 0 aliphatic heterocycles. The molecule has 2 atom stereocenters. The van der Waals surface area contributed by atoms with Crippen molar-refractivity contribution in [2.75, 3.05) is 6.61 Å². The van der Waals surface area contributed by atoms with Gasteiger partial charge >= 0.3 is 0 Å². The zero-order valence-corrected chi connectivity index (χ0v) is 11.0. The smallest absolute Gasteiger partial charge is 0.119 e.